The maximum absolute atomic E-state index is 11.9. The highest BCUT2D eigenvalue weighted by atomic mass is 32.1. The highest BCUT2D eigenvalue weighted by Crippen LogP contribution is 2.23. The first-order valence-electron chi connectivity index (χ1n) is 8.43. The van der Waals surface area contributed by atoms with Gasteiger partial charge in [0.1, 0.15) is 0 Å². The van der Waals surface area contributed by atoms with Crippen molar-refractivity contribution in [1.82, 2.24) is 15.1 Å². The second kappa shape index (κ2) is 7.63. The van der Waals surface area contributed by atoms with Crippen LogP contribution < -0.4 is 15.5 Å². The van der Waals surface area contributed by atoms with Crippen LogP contribution in [0.4, 0.5) is 10.8 Å². The highest BCUT2D eigenvalue weighted by Gasteiger charge is 2.24. The molecule has 1 saturated carbocycles. The minimum absolute atomic E-state index is 0.0929. The lowest BCUT2D eigenvalue weighted by Gasteiger charge is -2.13. The van der Waals surface area contributed by atoms with E-state index in [1.165, 1.54) is 22.5 Å². The number of aromatic nitrogens is 2. The van der Waals surface area contributed by atoms with Gasteiger partial charge in [0.15, 0.2) is 17.2 Å². The standard InChI is InChI=1S/C17H23N5OS2/c1-11-4-7-14(12(2)8-11)19-16-20-22(17(24)25-16)10-21(3)9-15(23)18-13-5-6-13/h4,7-8,13H,5-6,9-10H2,1-3H3,(H,18,23)(H,19,20)/p+1. The van der Waals surface area contributed by atoms with Crippen LogP contribution in [0.5, 0.6) is 0 Å². The van der Waals surface area contributed by atoms with Crippen LogP contribution >= 0.6 is 23.6 Å². The van der Waals surface area contributed by atoms with Crippen molar-refractivity contribution in [3.63, 3.8) is 0 Å². The topological polar surface area (TPSA) is 63.4 Å². The van der Waals surface area contributed by atoms with E-state index in [1.54, 1.807) is 4.68 Å². The van der Waals surface area contributed by atoms with Crippen molar-refractivity contribution < 1.29 is 9.69 Å². The first kappa shape index (κ1) is 18.0. The maximum Gasteiger partial charge on any atom is 0.275 e. The molecule has 3 rings (SSSR count). The number of amides is 1. The van der Waals surface area contributed by atoms with Gasteiger partial charge >= 0.3 is 0 Å². The molecule has 0 bridgehead atoms. The summed E-state index contributed by atoms with van der Waals surface area (Å²) in [6.07, 6.45) is 2.21. The number of hydrogen-bond acceptors (Lipinski definition) is 5. The summed E-state index contributed by atoms with van der Waals surface area (Å²) in [4.78, 5) is 12.9. The van der Waals surface area contributed by atoms with E-state index >= 15 is 0 Å². The Morgan fingerprint density at radius 2 is 2.20 bits per heavy atom. The summed E-state index contributed by atoms with van der Waals surface area (Å²) in [6, 6.07) is 6.66. The Hall–Kier alpha value is -1.77. The Kier molecular flexibility index (Phi) is 5.51. The third-order valence-corrected chi connectivity index (χ3v) is 5.28. The smallest absolute Gasteiger partial charge is 0.275 e. The quantitative estimate of drug-likeness (QED) is 0.643. The molecule has 1 heterocycles. The Balaban J connectivity index is 1.61. The molecule has 1 unspecified atom stereocenters. The third kappa shape index (κ3) is 5.10. The SMILES string of the molecule is Cc1ccc(Nc2nn(C[NH+](C)CC(=O)NC3CC3)c(=S)s2)c(C)c1. The molecule has 8 heteroatoms. The Morgan fingerprint density at radius 3 is 2.88 bits per heavy atom. The molecular weight excluding hydrogens is 354 g/mol. The zero-order chi connectivity index (χ0) is 18.0. The van der Waals surface area contributed by atoms with Crippen LogP contribution in [0.3, 0.4) is 0 Å². The molecule has 134 valence electrons. The molecule has 1 amide bonds. The van der Waals surface area contributed by atoms with E-state index in [-0.39, 0.29) is 5.91 Å². The van der Waals surface area contributed by atoms with Crippen molar-refractivity contribution in [2.45, 2.75) is 39.4 Å². The molecule has 1 aromatic heterocycles. The normalized spacial score (nSPS) is 15.0. The molecule has 6 nitrogen and oxygen atoms in total. The fourth-order valence-corrected chi connectivity index (χ4v) is 3.64. The molecule has 0 radical (unpaired) electrons. The van der Waals surface area contributed by atoms with Crippen molar-refractivity contribution in [2.75, 3.05) is 18.9 Å². The summed E-state index contributed by atoms with van der Waals surface area (Å²) in [5.41, 5.74) is 3.44. The fourth-order valence-electron chi connectivity index (χ4n) is 2.62. The number of benzene rings is 1. The molecule has 25 heavy (non-hydrogen) atoms. The minimum atomic E-state index is 0.0929. The van der Waals surface area contributed by atoms with E-state index in [9.17, 15) is 4.79 Å². The zero-order valence-corrected chi connectivity index (χ0v) is 16.4. The van der Waals surface area contributed by atoms with E-state index in [4.69, 9.17) is 12.2 Å². The first-order valence-corrected chi connectivity index (χ1v) is 9.66. The van der Waals surface area contributed by atoms with Gasteiger partial charge in [0.25, 0.3) is 5.91 Å². The molecule has 1 aliphatic carbocycles. The van der Waals surface area contributed by atoms with E-state index < -0.39 is 0 Å². The molecule has 0 saturated heterocycles. The van der Waals surface area contributed by atoms with Crippen LogP contribution in [0, 0.1) is 17.8 Å². The van der Waals surface area contributed by atoms with Gasteiger partial charge < -0.3 is 15.5 Å². The lowest BCUT2D eigenvalue weighted by atomic mass is 10.1. The van der Waals surface area contributed by atoms with Gasteiger partial charge in [-0.1, -0.05) is 29.0 Å². The average Bonchev–Trinajstić information content (AvgIpc) is 3.26. The first-order chi connectivity index (χ1) is 11.9. The molecule has 0 spiro atoms. The number of carbonyl (C=O) groups excluding carboxylic acids is 1. The predicted octanol–water partition coefficient (Wildman–Crippen LogP) is 1.79. The van der Waals surface area contributed by atoms with Crippen LogP contribution in [0.25, 0.3) is 0 Å². The average molecular weight is 379 g/mol. The number of anilines is 2. The number of nitrogens with zero attached hydrogens (tertiary/aromatic N) is 2. The lowest BCUT2D eigenvalue weighted by molar-refractivity contribution is -0.895. The van der Waals surface area contributed by atoms with Gasteiger partial charge in [-0.25, -0.2) is 0 Å². The predicted molar refractivity (Wildman–Crippen MR) is 103 cm³/mol. The largest absolute Gasteiger partial charge is 0.348 e. The number of carbonyl (C=O) groups is 1. The number of quaternary nitrogens is 1. The van der Waals surface area contributed by atoms with Gasteiger partial charge in [-0.2, -0.15) is 4.68 Å². The molecule has 1 aliphatic rings. The number of nitrogens with one attached hydrogen (secondary N) is 3. The molecule has 1 fully saturated rings. The number of rotatable bonds is 7. The van der Waals surface area contributed by atoms with E-state index in [0.717, 1.165) is 28.6 Å². The number of likely N-dealkylation sites (N-methyl/N-ethyl adjacent to an activating group) is 1. The van der Waals surface area contributed by atoms with Crippen molar-refractivity contribution in [3.05, 3.63) is 33.3 Å². The van der Waals surface area contributed by atoms with Crippen molar-refractivity contribution in [1.29, 1.82) is 0 Å². The lowest BCUT2D eigenvalue weighted by Crippen LogP contribution is -3.09. The summed E-state index contributed by atoms with van der Waals surface area (Å²) in [5, 5.41) is 11.7. The van der Waals surface area contributed by atoms with Gasteiger partial charge in [-0.15, -0.1) is 5.10 Å². The van der Waals surface area contributed by atoms with Crippen LogP contribution in [-0.2, 0) is 11.5 Å². The van der Waals surface area contributed by atoms with Gasteiger partial charge in [-0.3, -0.25) is 4.79 Å². The molecular formula is C17H24N5OS2+. The van der Waals surface area contributed by atoms with Gasteiger partial charge in [0, 0.05) is 11.7 Å². The zero-order valence-electron chi connectivity index (χ0n) is 14.8. The summed E-state index contributed by atoms with van der Waals surface area (Å²) >= 11 is 6.87. The van der Waals surface area contributed by atoms with Crippen molar-refractivity contribution >= 4 is 40.3 Å². The Labute approximate surface area is 156 Å². The minimum Gasteiger partial charge on any atom is -0.348 e. The van der Waals surface area contributed by atoms with Crippen molar-refractivity contribution in [3.8, 4) is 0 Å². The maximum atomic E-state index is 11.9. The fraction of sp³-hybridized carbons (Fsp3) is 0.471. The summed E-state index contributed by atoms with van der Waals surface area (Å²) in [6.45, 7) is 5.15. The highest BCUT2D eigenvalue weighted by molar-refractivity contribution is 7.73. The summed E-state index contributed by atoms with van der Waals surface area (Å²) in [7, 11) is 1.98. The van der Waals surface area contributed by atoms with E-state index in [2.05, 4.69) is 47.8 Å². The summed E-state index contributed by atoms with van der Waals surface area (Å²) < 4.78 is 2.49. The summed E-state index contributed by atoms with van der Waals surface area (Å²) in [5.74, 6) is 0.0929. The molecule has 0 aliphatic heterocycles. The van der Waals surface area contributed by atoms with Crippen LogP contribution in [0.15, 0.2) is 18.2 Å². The van der Waals surface area contributed by atoms with Gasteiger partial charge in [0.05, 0.1) is 7.05 Å². The Bertz CT molecular complexity index is 825. The van der Waals surface area contributed by atoms with E-state index in [1.807, 2.05) is 7.05 Å². The van der Waals surface area contributed by atoms with Gasteiger partial charge in [0.2, 0.25) is 5.13 Å². The second-order valence-electron chi connectivity index (χ2n) is 6.75. The monoisotopic (exact) mass is 378 g/mol. The van der Waals surface area contributed by atoms with Crippen molar-refractivity contribution in [2.24, 2.45) is 0 Å². The van der Waals surface area contributed by atoms with Gasteiger partial charge in [-0.05, 0) is 50.5 Å². The Morgan fingerprint density at radius 1 is 1.44 bits per heavy atom. The van der Waals surface area contributed by atoms with Crippen LogP contribution in [-0.4, -0.2) is 35.3 Å². The molecule has 3 N–H and O–H groups in total. The second-order valence-corrected chi connectivity index (χ2v) is 8.37. The number of hydrogen-bond donors (Lipinski definition) is 3. The van der Waals surface area contributed by atoms with E-state index in [0.29, 0.717) is 23.2 Å². The molecule has 1 aromatic carbocycles. The molecule has 1 atom stereocenters. The van der Waals surface area contributed by atoms with Crippen LogP contribution in [0.1, 0.15) is 24.0 Å². The van der Waals surface area contributed by atoms with Crippen LogP contribution in [0.2, 0.25) is 0 Å². The third-order valence-electron chi connectivity index (χ3n) is 4.05. The molecule has 2 aromatic rings. The number of aryl methyl sites for hydroxylation is 2.